The molecule has 2 heterocycles. The van der Waals surface area contributed by atoms with Gasteiger partial charge in [-0.2, -0.15) is 4.98 Å². The van der Waals surface area contributed by atoms with Crippen LogP contribution in [0.25, 0.3) is 0 Å². The summed E-state index contributed by atoms with van der Waals surface area (Å²) in [5, 5.41) is 15.8. The van der Waals surface area contributed by atoms with E-state index in [1.165, 1.54) is 12.8 Å². The highest BCUT2D eigenvalue weighted by atomic mass is 16.5. The van der Waals surface area contributed by atoms with E-state index in [0.717, 1.165) is 13.0 Å². The van der Waals surface area contributed by atoms with Crippen LogP contribution < -0.4 is 5.32 Å². The summed E-state index contributed by atoms with van der Waals surface area (Å²) in [6.07, 6.45) is 3.18. The molecule has 5 heteroatoms. The van der Waals surface area contributed by atoms with Gasteiger partial charge in [-0.15, -0.1) is 0 Å². The van der Waals surface area contributed by atoms with E-state index in [0.29, 0.717) is 17.8 Å². The molecule has 1 aliphatic rings. The molecule has 0 aromatic carbocycles. The first-order valence-electron chi connectivity index (χ1n) is 4.54. The van der Waals surface area contributed by atoms with Gasteiger partial charge in [0, 0.05) is 12.5 Å². The van der Waals surface area contributed by atoms with Crippen molar-refractivity contribution in [3.63, 3.8) is 0 Å². The largest absolute Gasteiger partial charge is 0.387 e. The summed E-state index contributed by atoms with van der Waals surface area (Å²) >= 11 is 0. The molecule has 1 fully saturated rings. The molecule has 0 radical (unpaired) electrons. The van der Waals surface area contributed by atoms with E-state index in [1.807, 2.05) is 0 Å². The summed E-state index contributed by atoms with van der Waals surface area (Å²) in [6.45, 7) is 0.903. The van der Waals surface area contributed by atoms with Gasteiger partial charge in [-0.25, -0.2) is 0 Å². The van der Waals surface area contributed by atoms with E-state index in [1.54, 1.807) is 0 Å². The average Bonchev–Trinajstić information content (AvgIpc) is 2.76. The standard InChI is InChI=1S/C8H13N3O2/c12-5-8-10-7(11-13-8)4-6-2-1-3-9-6/h6,9,12H,1-5H2. The SMILES string of the molecule is OCc1nc(CC2CCCN2)no1. The van der Waals surface area contributed by atoms with Crippen molar-refractivity contribution < 1.29 is 9.63 Å². The molecule has 0 aliphatic carbocycles. The van der Waals surface area contributed by atoms with Crippen molar-refractivity contribution in [2.24, 2.45) is 0 Å². The van der Waals surface area contributed by atoms with Crippen molar-refractivity contribution in [2.75, 3.05) is 6.54 Å². The molecule has 0 saturated carbocycles. The number of rotatable bonds is 3. The summed E-state index contributed by atoms with van der Waals surface area (Å²) in [7, 11) is 0. The molecular formula is C8H13N3O2. The van der Waals surface area contributed by atoms with Gasteiger partial charge in [0.2, 0.25) is 0 Å². The molecule has 2 rings (SSSR count). The normalized spacial score (nSPS) is 22.4. The average molecular weight is 183 g/mol. The fourth-order valence-corrected chi connectivity index (χ4v) is 1.59. The van der Waals surface area contributed by atoms with Crippen LogP contribution in [0.2, 0.25) is 0 Å². The number of aliphatic hydroxyl groups is 1. The lowest BCUT2D eigenvalue weighted by Gasteiger charge is -2.04. The van der Waals surface area contributed by atoms with Crippen molar-refractivity contribution in [1.29, 1.82) is 0 Å². The van der Waals surface area contributed by atoms with Gasteiger partial charge in [-0.05, 0) is 19.4 Å². The van der Waals surface area contributed by atoms with Gasteiger partial charge in [0.15, 0.2) is 5.82 Å². The van der Waals surface area contributed by atoms with Crippen LogP contribution in [-0.2, 0) is 13.0 Å². The van der Waals surface area contributed by atoms with E-state index in [4.69, 9.17) is 9.63 Å². The van der Waals surface area contributed by atoms with E-state index in [2.05, 4.69) is 15.5 Å². The zero-order chi connectivity index (χ0) is 9.10. The predicted molar refractivity (Wildman–Crippen MR) is 44.9 cm³/mol. The van der Waals surface area contributed by atoms with Gasteiger partial charge in [-0.1, -0.05) is 5.16 Å². The third kappa shape index (κ3) is 2.05. The summed E-state index contributed by atoms with van der Waals surface area (Å²) in [5.41, 5.74) is 0. The zero-order valence-corrected chi connectivity index (χ0v) is 7.36. The Morgan fingerprint density at radius 2 is 2.54 bits per heavy atom. The molecular weight excluding hydrogens is 170 g/mol. The van der Waals surface area contributed by atoms with Gasteiger partial charge in [0.25, 0.3) is 5.89 Å². The lowest BCUT2D eigenvalue weighted by molar-refractivity contribution is 0.222. The maximum Gasteiger partial charge on any atom is 0.252 e. The maximum atomic E-state index is 8.70. The molecule has 1 aromatic rings. The van der Waals surface area contributed by atoms with Crippen molar-refractivity contribution >= 4 is 0 Å². The number of hydrogen-bond donors (Lipinski definition) is 2. The minimum Gasteiger partial charge on any atom is -0.387 e. The molecule has 5 nitrogen and oxygen atoms in total. The smallest absolute Gasteiger partial charge is 0.252 e. The number of aliphatic hydroxyl groups excluding tert-OH is 1. The lowest BCUT2D eigenvalue weighted by Crippen LogP contribution is -2.24. The third-order valence-electron chi connectivity index (χ3n) is 2.24. The molecule has 0 spiro atoms. The lowest BCUT2D eigenvalue weighted by atomic mass is 10.1. The highest BCUT2D eigenvalue weighted by Crippen LogP contribution is 2.09. The van der Waals surface area contributed by atoms with Gasteiger partial charge in [-0.3, -0.25) is 0 Å². The topological polar surface area (TPSA) is 71.2 Å². The van der Waals surface area contributed by atoms with Crippen LogP contribution in [0.15, 0.2) is 4.52 Å². The van der Waals surface area contributed by atoms with Gasteiger partial charge in [0.1, 0.15) is 6.61 Å². The van der Waals surface area contributed by atoms with E-state index in [9.17, 15) is 0 Å². The molecule has 1 aromatic heterocycles. The van der Waals surface area contributed by atoms with E-state index < -0.39 is 0 Å². The molecule has 13 heavy (non-hydrogen) atoms. The van der Waals surface area contributed by atoms with Crippen molar-refractivity contribution in [1.82, 2.24) is 15.5 Å². The first-order valence-corrected chi connectivity index (χ1v) is 4.54. The van der Waals surface area contributed by atoms with Gasteiger partial charge < -0.3 is 14.9 Å². The van der Waals surface area contributed by atoms with E-state index >= 15 is 0 Å². The molecule has 0 amide bonds. The number of nitrogens with zero attached hydrogens (tertiary/aromatic N) is 2. The van der Waals surface area contributed by atoms with Crippen LogP contribution in [0.1, 0.15) is 24.6 Å². The first-order chi connectivity index (χ1) is 6.38. The maximum absolute atomic E-state index is 8.70. The summed E-state index contributed by atoms with van der Waals surface area (Å²) in [5.74, 6) is 0.983. The molecule has 1 saturated heterocycles. The quantitative estimate of drug-likeness (QED) is 0.682. The highest BCUT2D eigenvalue weighted by molar-refractivity contribution is 4.91. The molecule has 1 aliphatic heterocycles. The van der Waals surface area contributed by atoms with E-state index in [-0.39, 0.29) is 6.61 Å². The summed E-state index contributed by atoms with van der Waals surface area (Å²) in [6, 6.07) is 0.476. The van der Waals surface area contributed by atoms with Crippen molar-refractivity contribution in [3.8, 4) is 0 Å². The first kappa shape index (κ1) is 8.65. The molecule has 2 N–H and O–H groups in total. The van der Waals surface area contributed by atoms with Crippen LogP contribution in [0.3, 0.4) is 0 Å². The Bertz CT molecular complexity index is 268. The Kier molecular flexibility index (Phi) is 2.56. The Morgan fingerprint density at radius 1 is 1.62 bits per heavy atom. The second kappa shape index (κ2) is 3.85. The Labute approximate surface area is 76.1 Å². The minimum atomic E-state index is -0.176. The number of hydrogen-bond acceptors (Lipinski definition) is 5. The minimum absolute atomic E-state index is 0.176. The Hall–Kier alpha value is -0.940. The number of aromatic nitrogens is 2. The predicted octanol–water partition coefficient (Wildman–Crippen LogP) is -0.144. The van der Waals surface area contributed by atoms with Crippen LogP contribution in [0.4, 0.5) is 0 Å². The third-order valence-corrected chi connectivity index (χ3v) is 2.24. The van der Waals surface area contributed by atoms with Crippen molar-refractivity contribution in [2.45, 2.75) is 31.9 Å². The fourth-order valence-electron chi connectivity index (χ4n) is 1.59. The van der Waals surface area contributed by atoms with Crippen LogP contribution >= 0.6 is 0 Å². The highest BCUT2D eigenvalue weighted by Gasteiger charge is 2.17. The molecule has 1 atom stereocenters. The monoisotopic (exact) mass is 183 g/mol. The summed E-state index contributed by atoms with van der Waals surface area (Å²) < 4.78 is 4.79. The second-order valence-electron chi connectivity index (χ2n) is 3.26. The number of nitrogens with one attached hydrogen (secondary N) is 1. The molecule has 72 valence electrons. The molecule has 1 unspecified atom stereocenters. The van der Waals surface area contributed by atoms with Gasteiger partial charge >= 0.3 is 0 Å². The zero-order valence-electron chi connectivity index (χ0n) is 7.36. The summed E-state index contributed by atoms with van der Waals surface area (Å²) in [4.78, 5) is 4.02. The molecule has 0 bridgehead atoms. The Balaban J connectivity index is 1.92. The fraction of sp³-hybridized carbons (Fsp3) is 0.750. The van der Waals surface area contributed by atoms with Crippen LogP contribution in [0.5, 0.6) is 0 Å². The van der Waals surface area contributed by atoms with Crippen molar-refractivity contribution in [3.05, 3.63) is 11.7 Å². The van der Waals surface area contributed by atoms with Crippen LogP contribution in [-0.4, -0.2) is 27.8 Å². The van der Waals surface area contributed by atoms with Crippen LogP contribution in [0, 0.1) is 0 Å². The Morgan fingerprint density at radius 3 is 3.15 bits per heavy atom. The second-order valence-corrected chi connectivity index (χ2v) is 3.26. The van der Waals surface area contributed by atoms with Gasteiger partial charge in [0.05, 0.1) is 0 Å².